The molecule has 136 valence electrons. The molecule has 2 heteroatoms. The van der Waals surface area contributed by atoms with Gasteiger partial charge in [-0.25, -0.2) is 0 Å². The van der Waals surface area contributed by atoms with Crippen LogP contribution in [0.1, 0.15) is 92.9 Å². The van der Waals surface area contributed by atoms with Gasteiger partial charge in [0.15, 0.2) is 6.29 Å². The molecule has 0 aromatic heterocycles. The fourth-order valence-corrected chi connectivity index (χ4v) is 5.25. The normalized spacial score (nSPS) is 35.3. The van der Waals surface area contributed by atoms with Gasteiger partial charge >= 0.3 is 0 Å². The van der Waals surface area contributed by atoms with Gasteiger partial charge in [0, 0.05) is 5.41 Å². The second kappa shape index (κ2) is 7.44. The first-order chi connectivity index (χ1) is 10.7. The SMILES string of the molecule is CCC1(OC(O)C(C)(CC(C)C)C(C)C)CC2CCCC(C2)C1. The lowest BCUT2D eigenvalue weighted by atomic mass is 9.65. The van der Waals surface area contributed by atoms with Gasteiger partial charge < -0.3 is 9.84 Å². The molecule has 4 unspecified atom stereocenters. The summed E-state index contributed by atoms with van der Waals surface area (Å²) in [6.45, 7) is 13.4. The Morgan fingerprint density at radius 3 is 2.13 bits per heavy atom. The molecular formula is C21H40O2. The minimum atomic E-state index is -0.649. The Morgan fingerprint density at radius 1 is 1.13 bits per heavy atom. The van der Waals surface area contributed by atoms with Crippen molar-refractivity contribution in [3.63, 3.8) is 0 Å². The summed E-state index contributed by atoms with van der Waals surface area (Å²) in [5, 5.41) is 11.1. The third kappa shape index (κ3) is 4.31. The van der Waals surface area contributed by atoms with Crippen molar-refractivity contribution in [3.8, 4) is 0 Å². The van der Waals surface area contributed by atoms with Crippen molar-refractivity contribution in [1.29, 1.82) is 0 Å². The highest BCUT2D eigenvalue weighted by Gasteiger charge is 2.47. The zero-order valence-corrected chi connectivity index (χ0v) is 16.4. The van der Waals surface area contributed by atoms with E-state index in [1.165, 1.54) is 25.7 Å². The predicted molar refractivity (Wildman–Crippen MR) is 97.2 cm³/mol. The van der Waals surface area contributed by atoms with Crippen LogP contribution < -0.4 is 0 Å². The Labute approximate surface area is 144 Å². The van der Waals surface area contributed by atoms with Crippen LogP contribution in [0.25, 0.3) is 0 Å². The Balaban J connectivity index is 2.13. The monoisotopic (exact) mass is 324 g/mol. The van der Waals surface area contributed by atoms with Crippen molar-refractivity contribution < 1.29 is 9.84 Å². The van der Waals surface area contributed by atoms with Crippen molar-refractivity contribution in [1.82, 2.24) is 0 Å². The Bertz CT molecular complexity index is 364. The summed E-state index contributed by atoms with van der Waals surface area (Å²) in [5.74, 6) is 2.64. The summed E-state index contributed by atoms with van der Waals surface area (Å²) in [5.41, 5.74) is -0.247. The second-order valence-corrected chi connectivity index (χ2v) is 9.57. The van der Waals surface area contributed by atoms with Gasteiger partial charge in [-0.15, -0.1) is 0 Å². The molecule has 2 aliphatic rings. The number of aliphatic hydroxyl groups is 1. The smallest absolute Gasteiger partial charge is 0.160 e. The first-order valence-electron chi connectivity index (χ1n) is 10.1. The maximum atomic E-state index is 11.1. The molecule has 4 atom stereocenters. The van der Waals surface area contributed by atoms with E-state index in [0.717, 1.165) is 37.5 Å². The molecule has 0 spiro atoms. The third-order valence-electron chi connectivity index (χ3n) is 6.95. The number of hydrogen-bond acceptors (Lipinski definition) is 2. The minimum absolute atomic E-state index is 0.0828. The molecule has 0 aliphatic heterocycles. The topological polar surface area (TPSA) is 29.5 Å². The molecule has 2 nitrogen and oxygen atoms in total. The molecular weight excluding hydrogens is 284 g/mol. The van der Waals surface area contributed by atoms with Crippen LogP contribution >= 0.6 is 0 Å². The molecule has 0 radical (unpaired) electrons. The van der Waals surface area contributed by atoms with E-state index in [1.54, 1.807) is 0 Å². The quantitative estimate of drug-likeness (QED) is 0.602. The van der Waals surface area contributed by atoms with Gasteiger partial charge in [0.25, 0.3) is 0 Å². The highest BCUT2D eigenvalue weighted by atomic mass is 16.6. The Morgan fingerprint density at radius 2 is 1.70 bits per heavy atom. The van der Waals surface area contributed by atoms with Crippen molar-refractivity contribution in [2.45, 2.75) is 105 Å². The predicted octanol–water partition coefficient (Wildman–Crippen LogP) is 5.78. The molecule has 2 rings (SSSR count). The fourth-order valence-electron chi connectivity index (χ4n) is 5.25. The summed E-state index contributed by atoms with van der Waals surface area (Å²) in [6.07, 6.45) is 9.24. The minimum Gasteiger partial charge on any atom is -0.367 e. The number of fused-ring (bicyclic) bond motifs is 2. The summed E-state index contributed by atoms with van der Waals surface area (Å²) in [7, 11) is 0. The second-order valence-electron chi connectivity index (χ2n) is 9.57. The van der Waals surface area contributed by atoms with Crippen LogP contribution in [-0.4, -0.2) is 17.0 Å². The zero-order chi connectivity index (χ0) is 17.3. The van der Waals surface area contributed by atoms with Gasteiger partial charge in [-0.1, -0.05) is 60.8 Å². The van der Waals surface area contributed by atoms with Crippen molar-refractivity contribution in [3.05, 3.63) is 0 Å². The number of rotatable bonds is 7. The van der Waals surface area contributed by atoms with Crippen LogP contribution in [-0.2, 0) is 4.74 Å². The first kappa shape index (κ1) is 19.2. The highest BCUT2D eigenvalue weighted by Crippen LogP contribution is 2.49. The van der Waals surface area contributed by atoms with Crippen LogP contribution in [0.3, 0.4) is 0 Å². The lowest BCUT2D eigenvalue weighted by Crippen LogP contribution is -2.50. The van der Waals surface area contributed by atoms with Crippen molar-refractivity contribution >= 4 is 0 Å². The molecule has 23 heavy (non-hydrogen) atoms. The molecule has 1 N–H and O–H groups in total. The van der Waals surface area contributed by atoms with Gasteiger partial charge in [-0.05, 0) is 55.8 Å². The third-order valence-corrected chi connectivity index (χ3v) is 6.95. The molecule has 0 saturated heterocycles. The number of hydrogen-bond donors (Lipinski definition) is 1. The summed E-state index contributed by atoms with van der Waals surface area (Å²) < 4.78 is 6.55. The molecule has 2 bridgehead atoms. The lowest BCUT2D eigenvalue weighted by Gasteiger charge is -2.50. The summed E-state index contributed by atoms with van der Waals surface area (Å²) >= 11 is 0. The van der Waals surface area contributed by atoms with Gasteiger partial charge in [-0.3, -0.25) is 0 Å². The molecule has 2 saturated carbocycles. The van der Waals surface area contributed by atoms with Crippen molar-refractivity contribution in [2.75, 3.05) is 0 Å². The van der Waals surface area contributed by atoms with E-state index in [1.807, 2.05) is 0 Å². The number of aliphatic hydroxyl groups excluding tert-OH is 1. The van der Waals surface area contributed by atoms with Crippen LogP contribution in [0.2, 0.25) is 0 Å². The molecule has 0 heterocycles. The number of ether oxygens (including phenoxy) is 1. The van der Waals surface area contributed by atoms with E-state index in [0.29, 0.717) is 11.8 Å². The van der Waals surface area contributed by atoms with Crippen LogP contribution in [0.15, 0.2) is 0 Å². The fraction of sp³-hybridized carbons (Fsp3) is 1.00. The van der Waals surface area contributed by atoms with Gasteiger partial charge in [0.2, 0.25) is 0 Å². The van der Waals surface area contributed by atoms with Crippen LogP contribution in [0.4, 0.5) is 0 Å². The molecule has 0 amide bonds. The Kier molecular flexibility index (Phi) is 6.22. The van der Waals surface area contributed by atoms with Gasteiger partial charge in [-0.2, -0.15) is 0 Å². The largest absolute Gasteiger partial charge is 0.367 e. The summed E-state index contributed by atoms with van der Waals surface area (Å²) in [6, 6.07) is 0. The van der Waals surface area contributed by atoms with E-state index < -0.39 is 6.29 Å². The molecule has 0 aromatic carbocycles. The highest BCUT2D eigenvalue weighted by molar-refractivity contribution is 4.95. The van der Waals surface area contributed by atoms with Crippen LogP contribution in [0, 0.1) is 29.1 Å². The maximum Gasteiger partial charge on any atom is 0.160 e. The standard InChI is InChI=1S/C21H40O2/c1-7-21(13-17-9-8-10-18(11-17)14-21)23-19(22)20(6,16(4)5)12-15(2)3/h15-19,22H,7-14H2,1-6H3. The van der Waals surface area contributed by atoms with E-state index >= 15 is 0 Å². The molecule has 0 aromatic rings. The van der Waals surface area contributed by atoms with Gasteiger partial charge in [0.1, 0.15) is 0 Å². The summed E-state index contributed by atoms with van der Waals surface area (Å²) in [4.78, 5) is 0. The lowest BCUT2D eigenvalue weighted by molar-refractivity contribution is -0.264. The van der Waals surface area contributed by atoms with Crippen LogP contribution in [0.5, 0.6) is 0 Å². The maximum absolute atomic E-state index is 11.1. The average Bonchev–Trinajstić information content (AvgIpc) is 2.45. The van der Waals surface area contributed by atoms with E-state index in [9.17, 15) is 5.11 Å². The zero-order valence-electron chi connectivity index (χ0n) is 16.4. The van der Waals surface area contributed by atoms with E-state index in [4.69, 9.17) is 4.74 Å². The molecule has 2 aliphatic carbocycles. The average molecular weight is 325 g/mol. The van der Waals surface area contributed by atoms with Gasteiger partial charge in [0.05, 0.1) is 5.60 Å². The van der Waals surface area contributed by atoms with E-state index in [-0.39, 0.29) is 11.0 Å². The Hall–Kier alpha value is -0.0800. The van der Waals surface area contributed by atoms with Crippen molar-refractivity contribution in [2.24, 2.45) is 29.1 Å². The molecule has 2 fully saturated rings. The van der Waals surface area contributed by atoms with E-state index in [2.05, 4.69) is 41.5 Å². The first-order valence-corrected chi connectivity index (χ1v) is 10.1.